The average Bonchev–Trinajstić information content (AvgIpc) is 2.74. The Bertz CT molecular complexity index is 210. The zero-order valence-corrected chi connectivity index (χ0v) is 7.42. The van der Waals surface area contributed by atoms with E-state index in [9.17, 15) is 0 Å². The molecule has 1 aliphatic carbocycles. The molecule has 0 radical (unpaired) electrons. The van der Waals surface area contributed by atoms with Crippen molar-refractivity contribution in [2.24, 2.45) is 5.92 Å². The summed E-state index contributed by atoms with van der Waals surface area (Å²) in [4.78, 5) is 0. The first-order valence-corrected chi connectivity index (χ1v) is 4.93. The van der Waals surface area contributed by atoms with Gasteiger partial charge in [-0.2, -0.15) is 5.10 Å². The van der Waals surface area contributed by atoms with Crippen LogP contribution in [0.4, 0.5) is 0 Å². The third kappa shape index (κ3) is 1.87. The summed E-state index contributed by atoms with van der Waals surface area (Å²) in [6, 6.07) is 0. The molecule has 2 nitrogen and oxygen atoms in total. The number of H-pyrrole nitrogens is 1. The van der Waals surface area contributed by atoms with Crippen molar-refractivity contribution < 1.29 is 0 Å². The van der Waals surface area contributed by atoms with Gasteiger partial charge in [-0.25, -0.2) is 0 Å². The molecule has 0 unspecified atom stereocenters. The second-order valence-electron chi connectivity index (χ2n) is 3.80. The van der Waals surface area contributed by atoms with Gasteiger partial charge in [0, 0.05) is 6.20 Å². The van der Waals surface area contributed by atoms with Crippen molar-refractivity contribution in [2.75, 3.05) is 0 Å². The lowest BCUT2D eigenvalue weighted by molar-refractivity contribution is 0.504. The zero-order chi connectivity index (χ0) is 8.23. The molecule has 0 aliphatic heterocycles. The van der Waals surface area contributed by atoms with Gasteiger partial charge in [0.2, 0.25) is 0 Å². The molecule has 0 atom stereocenters. The van der Waals surface area contributed by atoms with Crippen molar-refractivity contribution in [1.82, 2.24) is 10.2 Å². The largest absolute Gasteiger partial charge is 0.285 e. The first-order valence-electron chi connectivity index (χ1n) is 4.93. The van der Waals surface area contributed by atoms with E-state index in [1.807, 2.05) is 12.4 Å². The summed E-state index contributed by atoms with van der Waals surface area (Å²) in [5.74, 6) is 1.000. The highest BCUT2D eigenvalue weighted by Gasteiger charge is 2.14. The predicted octanol–water partition coefficient (Wildman–Crippen LogP) is 2.53. The normalized spacial score (nSPS) is 18.7. The van der Waals surface area contributed by atoms with E-state index in [0.29, 0.717) is 0 Å². The maximum absolute atomic E-state index is 3.94. The second kappa shape index (κ2) is 3.74. The van der Waals surface area contributed by atoms with Crippen molar-refractivity contribution in [2.45, 2.75) is 38.5 Å². The van der Waals surface area contributed by atoms with Crippen LogP contribution >= 0.6 is 0 Å². The zero-order valence-electron chi connectivity index (χ0n) is 7.42. The standard InChI is InChI=1S/C10H16N2/c1-2-4-9(3-1)5-6-10-7-11-12-8-10/h7-9H,1-6H2,(H,11,12). The van der Waals surface area contributed by atoms with Crippen molar-refractivity contribution >= 4 is 0 Å². The van der Waals surface area contributed by atoms with Gasteiger partial charge in [0.25, 0.3) is 0 Å². The van der Waals surface area contributed by atoms with E-state index in [1.165, 1.54) is 44.1 Å². The number of rotatable bonds is 3. The summed E-state index contributed by atoms with van der Waals surface area (Å²) in [7, 11) is 0. The molecule has 2 rings (SSSR count). The molecule has 0 aromatic carbocycles. The molecular formula is C10H16N2. The Kier molecular flexibility index (Phi) is 2.45. The van der Waals surface area contributed by atoms with Crippen LogP contribution in [0, 0.1) is 5.92 Å². The quantitative estimate of drug-likeness (QED) is 0.730. The maximum Gasteiger partial charge on any atom is 0.0519 e. The molecule has 1 heterocycles. The molecule has 0 amide bonds. The van der Waals surface area contributed by atoms with E-state index >= 15 is 0 Å². The summed E-state index contributed by atoms with van der Waals surface area (Å²) in [5, 5.41) is 6.80. The lowest BCUT2D eigenvalue weighted by Gasteiger charge is -2.05. The van der Waals surface area contributed by atoms with Crippen LogP contribution in [0.15, 0.2) is 12.4 Å². The van der Waals surface area contributed by atoms with Crippen LogP contribution in [0.2, 0.25) is 0 Å². The number of nitrogens with zero attached hydrogens (tertiary/aromatic N) is 1. The lowest BCUT2D eigenvalue weighted by Crippen LogP contribution is -1.95. The van der Waals surface area contributed by atoms with Gasteiger partial charge in [-0.15, -0.1) is 0 Å². The molecule has 12 heavy (non-hydrogen) atoms. The van der Waals surface area contributed by atoms with Crippen molar-refractivity contribution in [3.8, 4) is 0 Å². The summed E-state index contributed by atoms with van der Waals surface area (Å²) in [6.45, 7) is 0. The van der Waals surface area contributed by atoms with Gasteiger partial charge in [-0.05, 0) is 24.3 Å². The van der Waals surface area contributed by atoms with Gasteiger partial charge < -0.3 is 0 Å². The van der Waals surface area contributed by atoms with Crippen LogP contribution in [0.1, 0.15) is 37.7 Å². The highest BCUT2D eigenvalue weighted by atomic mass is 15.1. The van der Waals surface area contributed by atoms with Crippen LogP contribution in [0.25, 0.3) is 0 Å². The van der Waals surface area contributed by atoms with Gasteiger partial charge in [0.1, 0.15) is 0 Å². The van der Waals surface area contributed by atoms with E-state index in [-0.39, 0.29) is 0 Å². The van der Waals surface area contributed by atoms with Gasteiger partial charge in [0.15, 0.2) is 0 Å². The molecule has 1 saturated carbocycles. The van der Waals surface area contributed by atoms with E-state index in [0.717, 1.165) is 5.92 Å². The summed E-state index contributed by atoms with van der Waals surface area (Å²) >= 11 is 0. The number of aromatic nitrogens is 2. The average molecular weight is 164 g/mol. The SMILES string of the molecule is c1n[nH]cc1CCC1CCCC1. The fraction of sp³-hybridized carbons (Fsp3) is 0.700. The van der Waals surface area contributed by atoms with Gasteiger partial charge >= 0.3 is 0 Å². The molecule has 1 aromatic heterocycles. The maximum atomic E-state index is 3.94. The topological polar surface area (TPSA) is 28.7 Å². The Hall–Kier alpha value is -0.790. The Morgan fingerprint density at radius 1 is 1.42 bits per heavy atom. The van der Waals surface area contributed by atoms with Gasteiger partial charge in [-0.1, -0.05) is 25.7 Å². The predicted molar refractivity (Wildman–Crippen MR) is 48.9 cm³/mol. The molecule has 1 aliphatic rings. The molecule has 2 heteroatoms. The number of nitrogens with one attached hydrogen (secondary N) is 1. The molecule has 1 N–H and O–H groups in total. The van der Waals surface area contributed by atoms with E-state index in [2.05, 4.69) is 10.2 Å². The molecule has 1 fully saturated rings. The molecule has 0 bridgehead atoms. The van der Waals surface area contributed by atoms with Crippen LogP contribution < -0.4 is 0 Å². The fourth-order valence-corrected chi connectivity index (χ4v) is 2.08. The Balaban J connectivity index is 1.74. The Labute approximate surface area is 73.4 Å². The highest BCUT2D eigenvalue weighted by Crippen LogP contribution is 2.28. The van der Waals surface area contributed by atoms with Gasteiger partial charge in [0.05, 0.1) is 6.20 Å². The minimum atomic E-state index is 1.000. The van der Waals surface area contributed by atoms with Crippen molar-refractivity contribution in [1.29, 1.82) is 0 Å². The van der Waals surface area contributed by atoms with Crippen LogP contribution in [-0.2, 0) is 6.42 Å². The highest BCUT2D eigenvalue weighted by molar-refractivity contribution is 5.02. The summed E-state index contributed by atoms with van der Waals surface area (Å²) in [5.41, 5.74) is 1.36. The van der Waals surface area contributed by atoms with Crippen molar-refractivity contribution in [3.05, 3.63) is 18.0 Å². The van der Waals surface area contributed by atoms with E-state index < -0.39 is 0 Å². The van der Waals surface area contributed by atoms with E-state index in [4.69, 9.17) is 0 Å². The first kappa shape index (κ1) is 7.84. The van der Waals surface area contributed by atoms with Crippen molar-refractivity contribution in [3.63, 3.8) is 0 Å². The van der Waals surface area contributed by atoms with Crippen LogP contribution in [-0.4, -0.2) is 10.2 Å². The summed E-state index contributed by atoms with van der Waals surface area (Å²) < 4.78 is 0. The van der Waals surface area contributed by atoms with E-state index in [1.54, 1.807) is 0 Å². The monoisotopic (exact) mass is 164 g/mol. The molecule has 66 valence electrons. The molecule has 0 spiro atoms. The number of aryl methyl sites for hydroxylation is 1. The number of aromatic amines is 1. The Morgan fingerprint density at radius 3 is 2.92 bits per heavy atom. The molecular weight excluding hydrogens is 148 g/mol. The minimum absolute atomic E-state index is 1.000. The second-order valence-corrected chi connectivity index (χ2v) is 3.80. The van der Waals surface area contributed by atoms with Gasteiger partial charge in [-0.3, -0.25) is 5.10 Å². The molecule has 0 saturated heterocycles. The first-order chi connectivity index (χ1) is 5.95. The lowest BCUT2D eigenvalue weighted by atomic mass is 10.00. The fourth-order valence-electron chi connectivity index (χ4n) is 2.08. The van der Waals surface area contributed by atoms with Crippen LogP contribution in [0.5, 0.6) is 0 Å². The Morgan fingerprint density at radius 2 is 2.25 bits per heavy atom. The molecule has 1 aromatic rings. The summed E-state index contributed by atoms with van der Waals surface area (Å²) in [6.07, 6.45) is 12.3. The number of hydrogen-bond donors (Lipinski definition) is 1. The smallest absolute Gasteiger partial charge is 0.0519 e. The third-order valence-corrected chi connectivity index (χ3v) is 2.87. The van der Waals surface area contributed by atoms with Crippen LogP contribution in [0.3, 0.4) is 0 Å². The third-order valence-electron chi connectivity index (χ3n) is 2.87. The number of hydrogen-bond acceptors (Lipinski definition) is 1. The minimum Gasteiger partial charge on any atom is -0.285 e.